The highest BCUT2D eigenvalue weighted by Crippen LogP contribution is 2.29. The lowest BCUT2D eigenvalue weighted by Crippen LogP contribution is -2.03. The Morgan fingerprint density at radius 3 is 2.50 bits per heavy atom. The fourth-order valence-electron chi connectivity index (χ4n) is 2.22. The third-order valence-electron chi connectivity index (χ3n) is 3.40. The second-order valence-electron chi connectivity index (χ2n) is 5.41. The first kappa shape index (κ1) is 19.3. The lowest BCUT2D eigenvalue weighted by molar-refractivity contribution is -0.0529. The number of benzene rings is 1. The Hall–Kier alpha value is -3.49. The summed E-state index contributed by atoms with van der Waals surface area (Å²) >= 11 is 0. The van der Waals surface area contributed by atoms with Crippen molar-refractivity contribution in [3.05, 3.63) is 66.1 Å². The van der Waals surface area contributed by atoms with Crippen molar-refractivity contribution in [2.24, 2.45) is 0 Å². The van der Waals surface area contributed by atoms with Gasteiger partial charge in [-0.2, -0.15) is 13.8 Å². The molecule has 3 aromatic rings. The van der Waals surface area contributed by atoms with Crippen LogP contribution >= 0.6 is 0 Å². The van der Waals surface area contributed by atoms with Crippen LogP contribution in [-0.2, 0) is 6.61 Å². The van der Waals surface area contributed by atoms with E-state index in [1.807, 2.05) is 0 Å². The summed E-state index contributed by atoms with van der Waals surface area (Å²) in [5.74, 6) is 0.195. The van der Waals surface area contributed by atoms with Crippen molar-refractivity contribution in [3.63, 3.8) is 0 Å². The van der Waals surface area contributed by atoms with Crippen LogP contribution in [0.5, 0.6) is 29.1 Å². The first-order chi connectivity index (χ1) is 13.5. The molecule has 0 saturated carbocycles. The van der Waals surface area contributed by atoms with Gasteiger partial charge in [-0.3, -0.25) is 0 Å². The monoisotopic (exact) mass is 392 g/mol. The molecule has 0 aliphatic carbocycles. The van der Waals surface area contributed by atoms with E-state index in [1.54, 1.807) is 12.1 Å². The molecule has 0 spiro atoms. The zero-order chi connectivity index (χ0) is 19.9. The van der Waals surface area contributed by atoms with Crippen molar-refractivity contribution in [2.45, 2.75) is 13.2 Å². The van der Waals surface area contributed by atoms with E-state index in [0.717, 1.165) is 0 Å². The predicted molar refractivity (Wildman–Crippen MR) is 92.5 cm³/mol. The van der Waals surface area contributed by atoms with Crippen LogP contribution in [0.4, 0.5) is 13.2 Å². The summed E-state index contributed by atoms with van der Waals surface area (Å²) in [6.45, 7) is -2.92. The number of nitrogens with zero attached hydrogens (tertiary/aromatic N) is 2. The summed E-state index contributed by atoms with van der Waals surface area (Å²) in [5, 5.41) is 0. The predicted octanol–water partition coefficient (Wildman–Crippen LogP) is 4.60. The molecule has 0 atom stereocenters. The summed E-state index contributed by atoms with van der Waals surface area (Å²) in [6.07, 6.45) is 1.26. The minimum absolute atomic E-state index is 0.0823. The van der Waals surface area contributed by atoms with Crippen LogP contribution in [0.3, 0.4) is 0 Å². The summed E-state index contributed by atoms with van der Waals surface area (Å²) in [6, 6.07) is 11.6. The second kappa shape index (κ2) is 8.94. The molecule has 3 rings (SSSR count). The van der Waals surface area contributed by atoms with Gasteiger partial charge in [-0.1, -0.05) is 12.1 Å². The summed E-state index contributed by atoms with van der Waals surface area (Å²) in [7, 11) is 1.45. The number of methoxy groups -OCH3 is 1. The molecule has 0 bridgehead atoms. The summed E-state index contributed by atoms with van der Waals surface area (Å²) in [4.78, 5) is 7.84. The molecule has 0 amide bonds. The van der Waals surface area contributed by atoms with E-state index in [2.05, 4.69) is 14.7 Å². The molecule has 0 fully saturated rings. The van der Waals surface area contributed by atoms with E-state index < -0.39 is 6.61 Å². The lowest BCUT2D eigenvalue weighted by Gasteiger charge is -2.11. The Balaban J connectivity index is 1.75. The fourth-order valence-corrected chi connectivity index (χ4v) is 2.22. The molecule has 2 heterocycles. The van der Waals surface area contributed by atoms with Crippen molar-refractivity contribution in [2.75, 3.05) is 7.11 Å². The second-order valence-corrected chi connectivity index (χ2v) is 5.41. The van der Waals surface area contributed by atoms with Crippen molar-refractivity contribution in [3.8, 4) is 29.1 Å². The van der Waals surface area contributed by atoms with Gasteiger partial charge in [0.1, 0.15) is 23.9 Å². The summed E-state index contributed by atoms with van der Waals surface area (Å²) < 4.78 is 58.4. The largest absolute Gasteiger partial charge is 0.496 e. The van der Waals surface area contributed by atoms with Crippen molar-refractivity contribution >= 4 is 0 Å². The molecule has 0 N–H and O–H groups in total. The van der Waals surface area contributed by atoms with Crippen molar-refractivity contribution in [1.82, 2.24) is 9.97 Å². The number of rotatable bonds is 8. The Morgan fingerprint density at radius 1 is 0.964 bits per heavy atom. The first-order valence-corrected chi connectivity index (χ1v) is 8.04. The maximum Gasteiger partial charge on any atom is 0.388 e. The molecule has 9 heteroatoms. The van der Waals surface area contributed by atoms with Crippen LogP contribution in [0.1, 0.15) is 5.56 Å². The van der Waals surface area contributed by atoms with Crippen LogP contribution in [-0.4, -0.2) is 23.7 Å². The number of alkyl halides is 2. The van der Waals surface area contributed by atoms with Crippen LogP contribution in [0, 0.1) is 5.82 Å². The summed E-state index contributed by atoms with van der Waals surface area (Å²) in [5.41, 5.74) is 0.620. The highest BCUT2D eigenvalue weighted by Gasteiger charge is 2.10. The first-order valence-electron chi connectivity index (χ1n) is 8.04. The molecule has 146 valence electrons. The molecule has 28 heavy (non-hydrogen) atoms. The quantitative estimate of drug-likeness (QED) is 0.559. The average molecular weight is 392 g/mol. The maximum absolute atomic E-state index is 13.3. The highest BCUT2D eigenvalue weighted by atomic mass is 19.3. The molecule has 6 nitrogen and oxygen atoms in total. The van der Waals surface area contributed by atoms with Crippen LogP contribution in [0.15, 0.2) is 54.7 Å². The normalized spacial score (nSPS) is 10.6. The fraction of sp³-hybridized carbons (Fsp3) is 0.158. The molecule has 0 unspecified atom stereocenters. The molecule has 0 aliphatic heterocycles. The molecule has 2 aromatic heterocycles. The van der Waals surface area contributed by atoms with Gasteiger partial charge in [0.2, 0.25) is 17.6 Å². The van der Waals surface area contributed by atoms with Crippen LogP contribution in [0.2, 0.25) is 0 Å². The Kier molecular flexibility index (Phi) is 6.15. The Morgan fingerprint density at radius 2 is 1.75 bits per heavy atom. The van der Waals surface area contributed by atoms with Gasteiger partial charge >= 0.3 is 6.61 Å². The Bertz CT molecular complexity index is 941. The van der Waals surface area contributed by atoms with Gasteiger partial charge in [0.25, 0.3) is 0 Å². The third-order valence-corrected chi connectivity index (χ3v) is 3.40. The number of hydrogen-bond donors (Lipinski definition) is 0. The molecule has 0 radical (unpaired) electrons. The van der Waals surface area contributed by atoms with E-state index in [-0.39, 0.29) is 35.8 Å². The number of hydrogen-bond acceptors (Lipinski definition) is 6. The van der Waals surface area contributed by atoms with Crippen LogP contribution < -0.4 is 18.9 Å². The zero-order valence-corrected chi connectivity index (χ0v) is 14.6. The SMILES string of the molecule is COc1cc(OCc2cccc(F)c2)nc(Oc2ccnc(OC(F)F)c2)c1. The van der Waals surface area contributed by atoms with E-state index in [0.29, 0.717) is 11.3 Å². The third kappa shape index (κ3) is 5.50. The van der Waals surface area contributed by atoms with Gasteiger partial charge in [0.15, 0.2) is 0 Å². The minimum atomic E-state index is -3.00. The van der Waals surface area contributed by atoms with Gasteiger partial charge in [0.05, 0.1) is 7.11 Å². The van der Waals surface area contributed by atoms with Gasteiger partial charge in [-0.25, -0.2) is 9.37 Å². The van der Waals surface area contributed by atoms with E-state index in [1.165, 1.54) is 49.7 Å². The Labute approximate surface area is 158 Å². The highest BCUT2D eigenvalue weighted by molar-refractivity contribution is 5.37. The van der Waals surface area contributed by atoms with Crippen LogP contribution in [0.25, 0.3) is 0 Å². The molecule has 0 aliphatic rings. The topological polar surface area (TPSA) is 62.7 Å². The molecular formula is C19H15F3N2O4. The van der Waals surface area contributed by atoms with Gasteiger partial charge in [-0.05, 0) is 23.8 Å². The van der Waals surface area contributed by atoms with Crippen molar-refractivity contribution in [1.29, 1.82) is 0 Å². The van der Waals surface area contributed by atoms with E-state index in [4.69, 9.17) is 14.2 Å². The maximum atomic E-state index is 13.3. The van der Waals surface area contributed by atoms with Gasteiger partial charge in [0, 0.05) is 24.4 Å². The molecular weight excluding hydrogens is 377 g/mol. The molecule has 1 aromatic carbocycles. The van der Waals surface area contributed by atoms with Gasteiger partial charge in [-0.15, -0.1) is 0 Å². The van der Waals surface area contributed by atoms with Crippen molar-refractivity contribution < 1.29 is 32.1 Å². The lowest BCUT2D eigenvalue weighted by atomic mass is 10.2. The van der Waals surface area contributed by atoms with E-state index >= 15 is 0 Å². The number of pyridine rings is 2. The minimum Gasteiger partial charge on any atom is -0.496 e. The van der Waals surface area contributed by atoms with Gasteiger partial charge < -0.3 is 18.9 Å². The number of ether oxygens (including phenoxy) is 4. The number of halogens is 3. The number of aromatic nitrogens is 2. The smallest absolute Gasteiger partial charge is 0.388 e. The average Bonchev–Trinajstić information content (AvgIpc) is 2.66. The zero-order valence-electron chi connectivity index (χ0n) is 14.6. The standard InChI is InChI=1S/C19H15F3N2O4/c1-25-15-9-17(26-11-12-3-2-4-13(20)7-12)24-18(10-15)27-14-5-6-23-16(8-14)28-19(21)22/h2-10,19H,11H2,1H3. The molecule has 0 saturated heterocycles. The van der Waals surface area contributed by atoms with E-state index in [9.17, 15) is 13.2 Å².